The highest BCUT2D eigenvalue weighted by Gasteiger charge is 2.27. The quantitative estimate of drug-likeness (QED) is 0.623. The van der Waals surface area contributed by atoms with E-state index in [0.717, 1.165) is 59.7 Å². The van der Waals surface area contributed by atoms with E-state index in [0.29, 0.717) is 18.3 Å². The summed E-state index contributed by atoms with van der Waals surface area (Å²) >= 11 is 0. The summed E-state index contributed by atoms with van der Waals surface area (Å²) in [5.74, 6) is 1.74. The van der Waals surface area contributed by atoms with E-state index in [9.17, 15) is 0 Å². The van der Waals surface area contributed by atoms with Crippen molar-refractivity contribution in [3.05, 3.63) is 41.7 Å². The predicted molar refractivity (Wildman–Crippen MR) is 112 cm³/mol. The van der Waals surface area contributed by atoms with E-state index in [2.05, 4.69) is 15.4 Å². The van der Waals surface area contributed by atoms with Gasteiger partial charge in [-0.05, 0) is 69.7 Å². The molecule has 5 N–H and O–H groups in total. The summed E-state index contributed by atoms with van der Waals surface area (Å²) in [6, 6.07) is 8.22. The average molecular weight is 380 g/mol. The van der Waals surface area contributed by atoms with Crippen molar-refractivity contribution in [1.82, 2.24) is 14.6 Å². The molecule has 4 rings (SSSR count). The second-order valence-electron chi connectivity index (χ2n) is 7.50. The zero-order valence-electron chi connectivity index (χ0n) is 16.5. The van der Waals surface area contributed by atoms with Crippen molar-refractivity contribution in [2.75, 3.05) is 17.7 Å². The molecule has 0 atom stereocenters. The van der Waals surface area contributed by atoms with Gasteiger partial charge in [0.1, 0.15) is 11.6 Å². The van der Waals surface area contributed by atoms with Crippen LogP contribution < -0.4 is 21.5 Å². The van der Waals surface area contributed by atoms with E-state index < -0.39 is 0 Å². The van der Waals surface area contributed by atoms with Crippen molar-refractivity contribution in [1.29, 1.82) is 0 Å². The molecule has 148 valence electrons. The van der Waals surface area contributed by atoms with E-state index in [4.69, 9.17) is 16.2 Å². The van der Waals surface area contributed by atoms with E-state index in [1.165, 1.54) is 0 Å². The SMILES string of the molecule is CCOc1ccc(Nc2c3ncc(C)n3nc(N)c2[C@H]2CC[C@@H](N)CC2)cc1. The Hall–Kier alpha value is -2.80. The standard InChI is InChI=1S/C21H28N6O/c1-3-28-17-10-8-16(9-11-17)25-19-18(14-4-6-15(22)7-5-14)20(23)26-27-13(2)12-24-21(19)27/h8-12,14-15,25H,3-7,22H2,1-2H3,(H2,23,26)/t14-,15+. The summed E-state index contributed by atoms with van der Waals surface area (Å²) < 4.78 is 7.36. The summed E-state index contributed by atoms with van der Waals surface area (Å²) in [5.41, 5.74) is 17.3. The van der Waals surface area contributed by atoms with Gasteiger partial charge in [0.15, 0.2) is 5.65 Å². The van der Waals surface area contributed by atoms with E-state index in [1.807, 2.05) is 48.8 Å². The van der Waals surface area contributed by atoms with Crippen LogP contribution in [0.3, 0.4) is 0 Å². The molecule has 0 amide bonds. The third kappa shape index (κ3) is 3.49. The Morgan fingerprint density at radius 1 is 1.18 bits per heavy atom. The number of ether oxygens (including phenoxy) is 1. The number of nitrogens with two attached hydrogens (primary N) is 2. The number of imidazole rings is 1. The number of nitrogen functional groups attached to an aromatic ring is 1. The van der Waals surface area contributed by atoms with Gasteiger partial charge in [-0.25, -0.2) is 9.50 Å². The summed E-state index contributed by atoms with van der Waals surface area (Å²) in [6.45, 7) is 4.60. The molecule has 1 fully saturated rings. The summed E-state index contributed by atoms with van der Waals surface area (Å²) in [4.78, 5) is 4.61. The van der Waals surface area contributed by atoms with Crippen molar-refractivity contribution in [2.45, 2.75) is 51.5 Å². The molecular formula is C21H28N6O. The van der Waals surface area contributed by atoms with Crippen molar-refractivity contribution < 1.29 is 4.74 Å². The highest BCUT2D eigenvalue weighted by atomic mass is 16.5. The largest absolute Gasteiger partial charge is 0.494 e. The van der Waals surface area contributed by atoms with E-state index >= 15 is 0 Å². The molecule has 0 unspecified atom stereocenters. The number of nitrogens with zero attached hydrogens (tertiary/aromatic N) is 3. The molecule has 28 heavy (non-hydrogen) atoms. The highest BCUT2D eigenvalue weighted by Crippen LogP contribution is 2.41. The Kier molecular flexibility index (Phi) is 5.09. The van der Waals surface area contributed by atoms with Crippen LogP contribution in [0.5, 0.6) is 5.75 Å². The normalized spacial score (nSPS) is 19.7. The van der Waals surface area contributed by atoms with Crippen LogP contribution in [0.4, 0.5) is 17.2 Å². The maximum absolute atomic E-state index is 6.45. The third-order valence-corrected chi connectivity index (χ3v) is 5.50. The van der Waals surface area contributed by atoms with Crippen molar-refractivity contribution in [3.8, 4) is 5.75 Å². The van der Waals surface area contributed by atoms with Crippen LogP contribution in [0.2, 0.25) is 0 Å². The van der Waals surface area contributed by atoms with Gasteiger partial charge in [-0.15, -0.1) is 5.10 Å². The number of rotatable bonds is 5. The zero-order valence-corrected chi connectivity index (χ0v) is 16.5. The molecular weight excluding hydrogens is 352 g/mol. The van der Waals surface area contributed by atoms with E-state index in [-0.39, 0.29) is 6.04 Å². The van der Waals surface area contributed by atoms with Gasteiger partial charge in [-0.3, -0.25) is 0 Å². The lowest BCUT2D eigenvalue weighted by molar-refractivity contribution is 0.340. The summed E-state index contributed by atoms with van der Waals surface area (Å²) in [7, 11) is 0. The van der Waals surface area contributed by atoms with Crippen molar-refractivity contribution in [2.24, 2.45) is 5.73 Å². The number of nitrogens with one attached hydrogen (secondary N) is 1. The Labute approximate surface area is 165 Å². The lowest BCUT2D eigenvalue weighted by Gasteiger charge is -2.29. The Morgan fingerprint density at radius 2 is 1.89 bits per heavy atom. The molecule has 7 heteroatoms. The fourth-order valence-corrected chi connectivity index (χ4v) is 4.03. The molecule has 1 aromatic carbocycles. The van der Waals surface area contributed by atoms with Gasteiger partial charge in [-0.2, -0.15) is 0 Å². The number of aromatic nitrogens is 3. The van der Waals surface area contributed by atoms with Crippen LogP contribution in [-0.2, 0) is 0 Å². The minimum Gasteiger partial charge on any atom is -0.494 e. The first kappa shape index (κ1) is 18.6. The van der Waals surface area contributed by atoms with Gasteiger partial charge < -0.3 is 21.5 Å². The predicted octanol–water partition coefficient (Wildman–Crippen LogP) is 3.75. The molecule has 0 radical (unpaired) electrons. The van der Waals surface area contributed by atoms with Crippen LogP contribution in [0.1, 0.15) is 49.8 Å². The number of aryl methyl sites for hydroxylation is 1. The maximum atomic E-state index is 6.45. The first-order valence-electron chi connectivity index (χ1n) is 9.96. The minimum atomic E-state index is 0.283. The van der Waals surface area contributed by atoms with E-state index in [1.54, 1.807) is 0 Å². The van der Waals surface area contributed by atoms with Gasteiger partial charge in [-0.1, -0.05) is 0 Å². The van der Waals surface area contributed by atoms with Gasteiger partial charge in [0, 0.05) is 17.3 Å². The second-order valence-corrected chi connectivity index (χ2v) is 7.50. The van der Waals surface area contributed by atoms with Crippen LogP contribution in [0, 0.1) is 6.92 Å². The number of fused-ring (bicyclic) bond motifs is 1. The Bertz CT molecular complexity index is 957. The molecule has 1 aliphatic rings. The van der Waals surface area contributed by atoms with Crippen LogP contribution >= 0.6 is 0 Å². The van der Waals surface area contributed by atoms with Crippen LogP contribution in [-0.4, -0.2) is 27.2 Å². The second kappa shape index (κ2) is 7.67. The monoisotopic (exact) mass is 380 g/mol. The molecule has 0 aliphatic heterocycles. The number of hydrogen-bond donors (Lipinski definition) is 3. The topological polar surface area (TPSA) is 103 Å². The first-order chi connectivity index (χ1) is 13.6. The molecule has 3 aromatic rings. The lowest BCUT2D eigenvalue weighted by Crippen LogP contribution is -2.26. The first-order valence-corrected chi connectivity index (χ1v) is 9.96. The van der Waals surface area contributed by atoms with Crippen molar-refractivity contribution >= 4 is 22.8 Å². The fraction of sp³-hybridized carbons (Fsp3) is 0.429. The third-order valence-electron chi connectivity index (χ3n) is 5.50. The van der Waals surface area contributed by atoms with Crippen LogP contribution in [0.15, 0.2) is 30.5 Å². The summed E-state index contributed by atoms with van der Waals surface area (Å²) in [6.07, 6.45) is 5.87. The molecule has 2 aromatic heterocycles. The lowest BCUT2D eigenvalue weighted by atomic mass is 9.81. The molecule has 1 aliphatic carbocycles. The van der Waals surface area contributed by atoms with Gasteiger partial charge in [0.05, 0.1) is 24.2 Å². The fourth-order valence-electron chi connectivity index (χ4n) is 4.03. The maximum Gasteiger partial charge on any atom is 0.178 e. The number of benzene rings is 1. The van der Waals surface area contributed by atoms with Gasteiger partial charge in [0.2, 0.25) is 0 Å². The molecule has 0 saturated heterocycles. The summed E-state index contributed by atoms with van der Waals surface area (Å²) in [5, 5.41) is 8.17. The van der Waals surface area contributed by atoms with Crippen molar-refractivity contribution in [3.63, 3.8) is 0 Å². The number of hydrogen-bond acceptors (Lipinski definition) is 6. The molecule has 7 nitrogen and oxygen atoms in total. The molecule has 0 spiro atoms. The molecule has 1 saturated carbocycles. The molecule has 0 bridgehead atoms. The van der Waals surface area contributed by atoms with Gasteiger partial charge in [0.25, 0.3) is 0 Å². The smallest absolute Gasteiger partial charge is 0.178 e. The molecule has 2 heterocycles. The van der Waals surface area contributed by atoms with Gasteiger partial charge >= 0.3 is 0 Å². The Balaban J connectivity index is 1.76. The zero-order chi connectivity index (χ0) is 19.7. The van der Waals surface area contributed by atoms with Crippen LogP contribution in [0.25, 0.3) is 5.65 Å². The highest BCUT2D eigenvalue weighted by molar-refractivity contribution is 5.81. The number of anilines is 3. The minimum absolute atomic E-state index is 0.283. The average Bonchev–Trinajstić information content (AvgIpc) is 3.05. The Morgan fingerprint density at radius 3 is 2.57 bits per heavy atom.